The Kier molecular flexibility index (Phi) is 2.23. The van der Waals surface area contributed by atoms with Crippen LogP contribution in [-0.2, 0) is 20.9 Å². The highest BCUT2D eigenvalue weighted by Gasteiger charge is 2.70. The summed E-state index contributed by atoms with van der Waals surface area (Å²) in [6.07, 6.45) is 0. The standard InChI is InChI=1S/C13H11NO4/c15-11-8-9(10(8)13(17)18)12(16)14(11)6-7-4-2-1-3-5-7/h1-5,8-10H,6H2,(H,17,18). The van der Waals surface area contributed by atoms with E-state index in [4.69, 9.17) is 5.11 Å². The van der Waals surface area contributed by atoms with E-state index >= 15 is 0 Å². The molecule has 2 atom stereocenters. The third-order valence-corrected chi connectivity index (χ3v) is 3.59. The molecule has 5 heteroatoms. The molecule has 0 bridgehead atoms. The van der Waals surface area contributed by atoms with Gasteiger partial charge < -0.3 is 5.11 Å². The van der Waals surface area contributed by atoms with Gasteiger partial charge in [-0.25, -0.2) is 0 Å². The quantitative estimate of drug-likeness (QED) is 0.787. The van der Waals surface area contributed by atoms with Gasteiger partial charge >= 0.3 is 5.97 Å². The molecule has 3 rings (SSSR count). The Hall–Kier alpha value is -2.17. The van der Waals surface area contributed by atoms with E-state index in [0.29, 0.717) is 0 Å². The van der Waals surface area contributed by atoms with Crippen LogP contribution in [0.2, 0.25) is 0 Å². The molecule has 2 aliphatic rings. The molecule has 1 aliphatic heterocycles. The van der Waals surface area contributed by atoms with Gasteiger partial charge in [0.15, 0.2) is 0 Å². The van der Waals surface area contributed by atoms with Gasteiger partial charge in [-0.05, 0) is 5.56 Å². The van der Waals surface area contributed by atoms with Gasteiger partial charge in [-0.2, -0.15) is 0 Å². The molecule has 5 nitrogen and oxygen atoms in total. The molecule has 1 saturated carbocycles. The smallest absolute Gasteiger partial charge is 0.308 e. The van der Waals surface area contributed by atoms with Crippen molar-refractivity contribution in [2.24, 2.45) is 17.8 Å². The predicted molar refractivity (Wildman–Crippen MR) is 60.1 cm³/mol. The van der Waals surface area contributed by atoms with Crippen molar-refractivity contribution >= 4 is 17.8 Å². The van der Waals surface area contributed by atoms with Crippen LogP contribution in [0, 0.1) is 17.8 Å². The summed E-state index contributed by atoms with van der Waals surface area (Å²) in [6.45, 7) is 0.234. The number of aliphatic carboxylic acids is 1. The molecule has 2 fully saturated rings. The van der Waals surface area contributed by atoms with Crippen LogP contribution in [0.3, 0.4) is 0 Å². The second-order valence-corrected chi connectivity index (χ2v) is 4.66. The molecule has 1 N–H and O–H groups in total. The number of carbonyl (C=O) groups is 3. The van der Waals surface area contributed by atoms with Crippen LogP contribution < -0.4 is 0 Å². The normalized spacial score (nSPS) is 29.3. The van der Waals surface area contributed by atoms with Crippen molar-refractivity contribution in [2.45, 2.75) is 6.54 Å². The lowest BCUT2D eigenvalue weighted by Crippen LogP contribution is -2.35. The number of likely N-dealkylation sites (tertiary alicyclic amines) is 1. The first kappa shape index (κ1) is 11.0. The highest BCUT2D eigenvalue weighted by atomic mass is 16.4. The number of nitrogens with zero attached hydrogens (tertiary/aromatic N) is 1. The average molecular weight is 245 g/mol. The first-order valence-electron chi connectivity index (χ1n) is 5.73. The molecular formula is C13H11NO4. The molecule has 1 aliphatic carbocycles. The molecule has 2 amide bonds. The van der Waals surface area contributed by atoms with E-state index in [1.165, 1.54) is 4.90 Å². The number of amides is 2. The van der Waals surface area contributed by atoms with Crippen molar-refractivity contribution in [1.82, 2.24) is 4.90 Å². The van der Waals surface area contributed by atoms with E-state index in [9.17, 15) is 14.4 Å². The first-order valence-corrected chi connectivity index (χ1v) is 5.73. The number of fused-ring (bicyclic) bond motifs is 1. The summed E-state index contributed by atoms with van der Waals surface area (Å²) in [4.78, 5) is 35.8. The Morgan fingerprint density at radius 1 is 1.11 bits per heavy atom. The van der Waals surface area contributed by atoms with E-state index in [2.05, 4.69) is 0 Å². The van der Waals surface area contributed by atoms with E-state index in [1.807, 2.05) is 30.3 Å². The predicted octanol–water partition coefficient (Wildman–Crippen LogP) is 0.502. The van der Waals surface area contributed by atoms with Crippen molar-refractivity contribution in [1.29, 1.82) is 0 Å². The first-order chi connectivity index (χ1) is 8.61. The van der Waals surface area contributed by atoms with Crippen LogP contribution in [0.1, 0.15) is 5.56 Å². The number of carbonyl (C=O) groups excluding carboxylic acids is 2. The fourth-order valence-electron chi connectivity index (χ4n) is 2.62. The molecule has 0 spiro atoms. The van der Waals surface area contributed by atoms with Crippen LogP contribution in [0.15, 0.2) is 30.3 Å². The number of hydrogen-bond donors (Lipinski definition) is 1. The summed E-state index contributed by atoms with van der Waals surface area (Å²) in [7, 11) is 0. The van der Waals surface area contributed by atoms with E-state index < -0.39 is 23.7 Å². The summed E-state index contributed by atoms with van der Waals surface area (Å²) in [5, 5.41) is 8.85. The van der Waals surface area contributed by atoms with Gasteiger partial charge in [0.25, 0.3) is 0 Å². The average Bonchev–Trinajstić information content (AvgIpc) is 3.05. The lowest BCUT2D eigenvalue weighted by molar-refractivity contribution is -0.149. The molecule has 1 aromatic rings. The SMILES string of the molecule is O=C(O)C1C2C(=O)N(Cc3ccccc3)C(=O)C12. The van der Waals surface area contributed by atoms with Gasteiger partial charge in [-0.3, -0.25) is 19.3 Å². The van der Waals surface area contributed by atoms with Crippen molar-refractivity contribution in [2.75, 3.05) is 0 Å². The van der Waals surface area contributed by atoms with Crippen LogP contribution >= 0.6 is 0 Å². The Bertz CT molecular complexity index is 517. The van der Waals surface area contributed by atoms with Crippen LogP contribution in [0.25, 0.3) is 0 Å². The lowest BCUT2D eigenvalue weighted by atomic mass is 10.2. The second-order valence-electron chi connectivity index (χ2n) is 4.66. The van der Waals surface area contributed by atoms with Crippen LogP contribution in [-0.4, -0.2) is 27.8 Å². The largest absolute Gasteiger partial charge is 0.481 e. The number of carboxylic acids is 1. The van der Waals surface area contributed by atoms with E-state index in [0.717, 1.165) is 5.56 Å². The minimum Gasteiger partial charge on any atom is -0.481 e. The van der Waals surface area contributed by atoms with Crippen molar-refractivity contribution in [3.63, 3.8) is 0 Å². The monoisotopic (exact) mass is 245 g/mol. The lowest BCUT2D eigenvalue weighted by Gasteiger charge is -2.17. The number of carboxylic acid groups (broad SMARTS) is 1. The Labute approximate surface area is 103 Å². The second kappa shape index (κ2) is 3.66. The van der Waals surface area contributed by atoms with E-state index in [-0.39, 0.29) is 18.4 Å². The summed E-state index contributed by atoms with van der Waals surface area (Å²) < 4.78 is 0. The molecule has 2 unspecified atom stereocenters. The minimum atomic E-state index is -1.05. The Morgan fingerprint density at radius 2 is 1.67 bits per heavy atom. The molecule has 1 heterocycles. The van der Waals surface area contributed by atoms with Crippen molar-refractivity contribution in [3.05, 3.63) is 35.9 Å². The topological polar surface area (TPSA) is 74.7 Å². The number of benzene rings is 1. The third-order valence-electron chi connectivity index (χ3n) is 3.59. The van der Waals surface area contributed by atoms with Crippen molar-refractivity contribution < 1.29 is 19.5 Å². The van der Waals surface area contributed by atoms with Gasteiger partial charge in [0.05, 0.1) is 24.3 Å². The van der Waals surface area contributed by atoms with Crippen molar-refractivity contribution in [3.8, 4) is 0 Å². The molecule has 1 saturated heterocycles. The molecule has 92 valence electrons. The van der Waals surface area contributed by atoms with Gasteiger partial charge in [0.1, 0.15) is 0 Å². The zero-order valence-electron chi connectivity index (χ0n) is 9.45. The Balaban J connectivity index is 1.76. The maximum Gasteiger partial charge on any atom is 0.308 e. The molecule has 1 aromatic carbocycles. The third kappa shape index (κ3) is 1.44. The zero-order valence-corrected chi connectivity index (χ0v) is 9.45. The maximum absolute atomic E-state index is 11.9. The number of imide groups is 1. The number of piperidine rings is 1. The number of rotatable bonds is 3. The van der Waals surface area contributed by atoms with Gasteiger partial charge in [-0.1, -0.05) is 30.3 Å². The van der Waals surface area contributed by atoms with Gasteiger partial charge in [-0.15, -0.1) is 0 Å². The highest BCUT2D eigenvalue weighted by molar-refractivity contribution is 6.13. The summed E-state index contributed by atoms with van der Waals surface area (Å²) in [6, 6.07) is 9.19. The number of hydrogen-bond acceptors (Lipinski definition) is 3. The molecule has 18 heavy (non-hydrogen) atoms. The zero-order chi connectivity index (χ0) is 12.9. The fraction of sp³-hybridized carbons (Fsp3) is 0.308. The van der Waals surface area contributed by atoms with Crippen LogP contribution in [0.5, 0.6) is 0 Å². The maximum atomic E-state index is 11.9. The summed E-state index contributed by atoms with van der Waals surface area (Å²) >= 11 is 0. The minimum absolute atomic E-state index is 0.234. The molecule has 0 aromatic heterocycles. The summed E-state index contributed by atoms with van der Waals surface area (Å²) in [5.41, 5.74) is 0.868. The molecular weight excluding hydrogens is 234 g/mol. The van der Waals surface area contributed by atoms with Gasteiger partial charge in [0, 0.05) is 0 Å². The summed E-state index contributed by atoms with van der Waals surface area (Å²) in [5.74, 6) is -3.79. The highest BCUT2D eigenvalue weighted by Crippen LogP contribution is 2.53. The van der Waals surface area contributed by atoms with E-state index in [1.54, 1.807) is 0 Å². The fourth-order valence-corrected chi connectivity index (χ4v) is 2.62. The van der Waals surface area contributed by atoms with Crippen LogP contribution in [0.4, 0.5) is 0 Å². The Morgan fingerprint density at radius 3 is 2.17 bits per heavy atom. The molecule has 0 radical (unpaired) electrons. The van der Waals surface area contributed by atoms with Gasteiger partial charge in [0.2, 0.25) is 11.8 Å².